The fraction of sp³-hybridized carbons (Fsp3) is 0.400. The maximum atomic E-state index is 4.78. The Hall–Kier alpha value is -1.41. The molecule has 0 radical (unpaired) electrons. The molecular weight excluding hydrogens is 208 g/mol. The van der Waals surface area contributed by atoms with Crippen molar-refractivity contribution in [1.82, 2.24) is 10.3 Å². The third-order valence-corrected chi connectivity index (χ3v) is 3.54. The Kier molecular flexibility index (Phi) is 3.06. The van der Waals surface area contributed by atoms with Crippen LogP contribution >= 0.6 is 0 Å². The molecule has 2 heterocycles. The van der Waals surface area contributed by atoms with Gasteiger partial charge in [0.15, 0.2) is 0 Å². The van der Waals surface area contributed by atoms with Gasteiger partial charge in [-0.2, -0.15) is 0 Å². The molecule has 1 aliphatic heterocycles. The summed E-state index contributed by atoms with van der Waals surface area (Å²) in [5.41, 5.74) is 2.31. The van der Waals surface area contributed by atoms with Gasteiger partial charge in [0.2, 0.25) is 0 Å². The molecule has 17 heavy (non-hydrogen) atoms. The molecule has 0 aliphatic carbocycles. The maximum Gasteiger partial charge on any atom is 0.0706 e. The summed E-state index contributed by atoms with van der Waals surface area (Å²) in [6.45, 7) is 1.12. The van der Waals surface area contributed by atoms with Gasteiger partial charge in [-0.1, -0.05) is 37.1 Å². The monoisotopic (exact) mass is 226 g/mol. The highest BCUT2D eigenvalue weighted by Gasteiger charge is 2.14. The Morgan fingerprint density at radius 1 is 1.00 bits per heavy atom. The van der Waals surface area contributed by atoms with Crippen LogP contribution in [0.15, 0.2) is 36.4 Å². The zero-order valence-electron chi connectivity index (χ0n) is 10.0. The second-order valence-corrected chi connectivity index (χ2v) is 4.78. The van der Waals surface area contributed by atoms with Crippen LogP contribution < -0.4 is 5.32 Å². The summed E-state index contributed by atoms with van der Waals surface area (Å²) in [7, 11) is 0. The van der Waals surface area contributed by atoms with Crippen LogP contribution in [0.3, 0.4) is 0 Å². The van der Waals surface area contributed by atoms with Crippen molar-refractivity contribution in [2.24, 2.45) is 0 Å². The first kappa shape index (κ1) is 10.7. The van der Waals surface area contributed by atoms with Gasteiger partial charge in [-0.25, -0.2) is 0 Å². The number of pyridine rings is 1. The normalized spacial score (nSPS) is 21.3. The maximum absolute atomic E-state index is 4.78. The lowest BCUT2D eigenvalue weighted by molar-refractivity contribution is 0.523. The highest BCUT2D eigenvalue weighted by atomic mass is 14.9. The van der Waals surface area contributed by atoms with Crippen molar-refractivity contribution in [2.45, 2.75) is 31.7 Å². The smallest absolute Gasteiger partial charge is 0.0706 e. The van der Waals surface area contributed by atoms with Gasteiger partial charge in [0.1, 0.15) is 0 Å². The van der Waals surface area contributed by atoms with Gasteiger partial charge in [0, 0.05) is 11.4 Å². The molecular formula is C15H18N2. The number of hydrogen-bond acceptors (Lipinski definition) is 2. The second-order valence-electron chi connectivity index (χ2n) is 4.78. The van der Waals surface area contributed by atoms with E-state index in [4.69, 9.17) is 4.98 Å². The summed E-state index contributed by atoms with van der Waals surface area (Å²) in [4.78, 5) is 4.78. The van der Waals surface area contributed by atoms with Crippen LogP contribution in [0, 0.1) is 0 Å². The van der Waals surface area contributed by atoms with E-state index in [0.717, 1.165) is 12.1 Å². The molecule has 1 N–H and O–H groups in total. The number of benzene rings is 1. The van der Waals surface area contributed by atoms with Gasteiger partial charge in [-0.05, 0) is 31.5 Å². The number of aromatic nitrogens is 1. The van der Waals surface area contributed by atoms with E-state index >= 15 is 0 Å². The van der Waals surface area contributed by atoms with Crippen molar-refractivity contribution in [3.63, 3.8) is 0 Å². The molecule has 0 amide bonds. The summed E-state index contributed by atoms with van der Waals surface area (Å²) in [5.74, 6) is 0. The van der Waals surface area contributed by atoms with E-state index in [1.54, 1.807) is 0 Å². The largest absolute Gasteiger partial charge is 0.309 e. The summed E-state index contributed by atoms with van der Waals surface area (Å²) in [6, 6.07) is 13.1. The average molecular weight is 226 g/mol. The first-order chi connectivity index (χ1) is 8.43. The quantitative estimate of drug-likeness (QED) is 0.805. The molecule has 1 fully saturated rings. The summed E-state index contributed by atoms with van der Waals surface area (Å²) >= 11 is 0. The van der Waals surface area contributed by atoms with Crippen LogP contribution in [-0.2, 0) is 0 Å². The van der Waals surface area contributed by atoms with Crippen LogP contribution in [0.5, 0.6) is 0 Å². The van der Waals surface area contributed by atoms with E-state index in [1.165, 1.54) is 36.8 Å². The Morgan fingerprint density at radius 2 is 1.94 bits per heavy atom. The Morgan fingerprint density at radius 3 is 2.94 bits per heavy atom. The molecule has 1 aromatic carbocycles. The van der Waals surface area contributed by atoms with E-state index in [0.29, 0.717) is 6.04 Å². The number of rotatable bonds is 1. The molecule has 1 aliphatic rings. The van der Waals surface area contributed by atoms with Gasteiger partial charge in [0.25, 0.3) is 0 Å². The summed E-state index contributed by atoms with van der Waals surface area (Å²) < 4.78 is 0. The van der Waals surface area contributed by atoms with Crippen molar-refractivity contribution in [3.8, 4) is 0 Å². The molecule has 0 spiro atoms. The Bertz CT molecular complexity index is 499. The third-order valence-electron chi connectivity index (χ3n) is 3.54. The van der Waals surface area contributed by atoms with Gasteiger partial charge in [-0.15, -0.1) is 0 Å². The SMILES string of the molecule is c1ccc2nc(C3CCCCCN3)ccc2c1. The number of para-hydroxylation sites is 1. The standard InChI is InChI=1S/C15H18N2/c1-2-8-14(16-11-5-1)15-10-9-12-6-3-4-7-13(12)17-15/h3-4,6-7,9-10,14,16H,1-2,5,8,11H2. The van der Waals surface area contributed by atoms with Gasteiger partial charge >= 0.3 is 0 Å². The van der Waals surface area contributed by atoms with Crippen molar-refractivity contribution in [1.29, 1.82) is 0 Å². The van der Waals surface area contributed by atoms with Gasteiger partial charge in [0.05, 0.1) is 11.2 Å². The average Bonchev–Trinajstić information content (AvgIpc) is 2.67. The van der Waals surface area contributed by atoms with E-state index in [9.17, 15) is 0 Å². The third kappa shape index (κ3) is 2.32. The molecule has 1 saturated heterocycles. The Labute approximate surface area is 102 Å². The molecule has 88 valence electrons. The summed E-state index contributed by atoms with van der Waals surface area (Å²) in [5, 5.41) is 4.83. The van der Waals surface area contributed by atoms with Crippen LogP contribution in [0.4, 0.5) is 0 Å². The van der Waals surface area contributed by atoms with Gasteiger partial charge in [-0.3, -0.25) is 4.98 Å². The topological polar surface area (TPSA) is 24.9 Å². The fourth-order valence-corrected chi connectivity index (χ4v) is 2.56. The van der Waals surface area contributed by atoms with Crippen molar-refractivity contribution < 1.29 is 0 Å². The van der Waals surface area contributed by atoms with E-state index in [-0.39, 0.29) is 0 Å². The minimum Gasteiger partial charge on any atom is -0.309 e. The summed E-state index contributed by atoms with van der Waals surface area (Å²) in [6.07, 6.45) is 5.17. The molecule has 2 nitrogen and oxygen atoms in total. The minimum absolute atomic E-state index is 0.446. The number of nitrogens with one attached hydrogen (secondary N) is 1. The highest BCUT2D eigenvalue weighted by Crippen LogP contribution is 2.23. The zero-order chi connectivity index (χ0) is 11.5. The lowest BCUT2D eigenvalue weighted by Crippen LogP contribution is -2.21. The fourth-order valence-electron chi connectivity index (χ4n) is 2.56. The highest BCUT2D eigenvalue weighted by molar-refractivity contribution is 5.78. The first-order valence-corrected chi connectivity index (χ1v) is 6.52. The Balaban J connectivity index is 1.93. The molecule has 2 heteroatoms. The minimum atomic E-state index is 0.446. The van der Waals surface area contributed by atoms with Gasteiger partial charge < -0.3 is 5.32 Å². The lowest BCUT2D eigenvalue weighted by Gasteiger charge is -2.15. The van der Waals surface area contributed by atoms with Crippen molar-refractivity contribution in [2.75, 3.05) is 6.54 Å². The number of fused-ring (bicyclic) bond motifs is 1. The molecule has 1 unspecified atom stereocenters. The van der Waals surface area contributed by atoms with E-state index in [1.807, 2.05) is 0 Å². The van der Waals surface area contributed by atoms with Crippen LogP contribution in [0.1, 0.15) is 37.4 Å². The lowest BCUT2D eigenvalue weighted by atomic mass is 10.1. The van der Waals surface area contributed by atoms with Crippen LogP contribution in [-0.4, -0.2) is 11.5 Å². The predicted octanol–water partition coefficient (Wildman–Crippen LogP) is 3.44. The zero-order valence-corrected chi connectivity index (χ0v) is 10.0. The molecule has 1 aromatic heterocycles. The van der Waals surface area contributed by atoms with Crippen molar-refractivity contribution in [3.05, 3.63) is 42.1 Å². The van der Waals surface area contributed by atoms with Crippen LogP contribution in [0.2, 0.25) is 0 Å². The number of hydrogen-bond donors (Lipinski definition) is 1. The molecule has 0 saturated carbocycles. The molecule has 3 rings (SSSR count). The molecule has 1 atom stereocenters. The van der Waals surface area contributed by atoms with Crippen molar-refractivity contribution >= 4 is 10.9 Å². The number of nitrogens with zero attached hydrogens (tertiary/aromatic N) is 1. The first-order valence-electron chi connectivity index (χ1n) is 6.52. The van der Waals surface area contributed by atoms with E-state index in [2.05, 4.69) is 41.7 Å². The molecule has 2 aromatic rings. The second kappa shape index (κ2) is 4.84. The van der Waals surface area contributed by atoms with Crippen LogP contribution in [0.25, 0.3) is 10.9 Å². The van der Waals surface area contributed by atoms with E-state index < -0.39 is 0 Å². The predicted molar refractivity (Wildman–Crippen MR) is 71.0 cm³/mol. The molecule has 0 bridgehead atoms.